The molecular weight excluding hydrogens is 237 g/mol. The maximum atomic E-state index is 12.9. The average molecular weight is 255 g/mol. The molecule has 0 aromatic heterocycles. The van der Waals surface area contributed by atoms with Gasteiger partial charge in [-0.3, -0.25) is 4.79 Å². The zero-order valence-corrected chi connectivity index (χ0v) is 10.4. The lowest BCUT2D eigenvalue weighted by Gasteiger charge is -2.28. The van der Waals surface area contributed by atoms with Crippen LogP contribution in [0.15, 0.2) is 24.3 Å². The van der Waals surface area contributed by atoms with Gasteiger partial charge in [0.05, 0.1) is 0 Å². The minimum atomic E-state index is -1.17. The largest absolute Gasteiger partial charge is 0.481 e. The van der Waals surface area contributed by atoms with E-state index in [0.717, 1.165) is 0 Å². The van der Waals surface area contributed by atoms with E-state index in [1.807, 2.05) is 0 Å². The zero-order chi connectivity index (χ0) is 13.6. The van der Waals surface area contributed by atoms with Crippen LogP contribution in [0.3, 0.4) is 0 Å². The summed E-state index contributed by atoms with van der Waals surface area (Å²) in [6, 6.07) is 5.45. The van der Waals surface area contributed by atoms with E-state index in [-0.39, 0.29) is 6.54 Å². The summed E-state index contributed by atoms with van der Waals surface area (Å²) in [4.78, 5) is 11.5. The number of carboxylic acid groups (broad SMARTS) is 1. The monoisotopic (exact) mass is 255 g/mol. The molecule has 0 radical (unpaired) electrons. The summed E-state index contributed by atoms with van der Waals surface area (Å²) in [5.41, 5.74) is 4.99. The van der Waals surface area contributed by atoms with Gasteiger partial charge in [-0.1, -0.05) is 12.1 Å². The fourth-order valence-corrected chi connectivity index (χ4v) is 1.97. The van der Waals surface area contributed by atoms with Crippen LogP contribution in [0.5, 0.6) is 0 Å². The second kappa shape index (κ2) is 6.47. The molecule has 0 aliphatic carbocycles. The van der Waals surface area contributed by atoms with Gasteiger partial charge in [-0.05, 0) is 30.5 Å². The van der Waals surface area contributed by atoms with Crippen LogP contribution in [-0.2, 0) is 14.9 Å². The van der Waals surface area contributed by atoms with Gasteiger partial charge in [-0.2, -0.15) is 0 Å². The first-order valence-corrected chi connectivity index (χ1v) is 5.75. The Morgan fingerprint density at radius 3 is 2.50 bits per heavy atom. The first kappa shape index (κ1) is 14.6. The van der Waals surface area contributed by atoms with Crippen LogP contribution in [0.1, 0.15) is 18.4 Å². The smallest absolute Gasteiger partial charge is 0.315 e. The molecule has 0 heterocycles. The van der Waals surface area contributed by atoms with Crippen LogP contribution >= 0.6 is 0 Å². The predicted octanol–water partition coefficient (Wildman–Crippen LogP) is 1.53. The Balaban J connectivity index is 3.02. The van der Waals surface area contributed by atoms with Crippen molar-refractivity contribution in [3.05, 3.63) is 35.6 Å². The van der Waals surface area contributed by atoms with E-state index >= 15 is 0 Å². The number of methoxy groups -OCH3 is 1. The quantitative estimate of drug-likeness (QED) is 0.725. The summed E-state index contributed by atoms with van der Waals surface area (Å²) in [5.74, 6) is -1.39. The summed E-state index contributed by atoms with van der Waals surface area (Å²) >= 11 is 0. The highest BCUT2D eigenvalue weighted by Gasteiger charge is 2.38. The van der Waals surface area contributed by atoms with Crippen molar-refractivity contribution in [3.63, 3.8) is 0 Å². The standard InChI is InChI=1S/C13H18FNO3/c1-18-8-2-7-13(9-15,12(16)17)10-3-5-11(14)6-4-10/h3-6H,2,7-9,15H2,1H3,(H,16,17). The van der Waals surface area contributed by atoms with Gasteiger partial charge < -0.3 is 15.6 Å². The van der Waals surface area contributed by atoms with Crippen molar-refractivity contribution in [3.8, 4) is 0 Å². The Morgan fingerprint density at radius 1 is 1.44 bits per heavy atom. The highest BCUT2D eigenvalue weighted by molar-refractivity contribution is 5.81. The molecule has 0 fully saturated rings. The number of benzene rings is 1. The molecular formula is C13H18FNO3. The minimum Gasteiger partial charge on any atom is -0.481 e. The Bertz CT molecular complexity index is 394. The fourth-order valence-electron chi connectivity index (χ4n) is 1.97. The van der Waals surface area contributed by atoms with Crippen molar-refractivity contribution < 1.29 is 19.0 Å². The molecule has 5 heteroatoms. The average Bonchev–Trinajstić information content (AvgIpc) is 2.36. The van der Waals surface area contributed by atoms with Gasteiger partial charge in [-0.25, -0.2) is 4.39 Å². The molecule has 100 valence electrons. The fraction of sp³-hybridized carbons (Fsp3) is 0.462. The molecule has 0 amide bonds. The highest BCUT2D eigenvalue weighted by atomic mass is 19.1. The second-order valence-electron chi connectivity index (χ2n) is 4.19. The van der Waals surface area contributed by atoms with E-state index in [9.17, 15) is 14.3 Å². The van der Waals surface area contributed by atoms with Crippen molar-refractivity contribution in [2.75, 3.05) is 20.3 Å². The van der Waals surface area contributed by atoms with Gasteiger partial charge >= 0.3 is 5.97 Å². The molecule has 4 nitrogen and oxygen atoms in total. The van der Waals surface area contributed by atoms with Crippen LogP contribution < -0.4 is 5.73 Å². The van der Waals surface area contributed by atoms with E-state index < -0.39 is 17.2 Å². The molecule has 0 aliphatic rings. The summed E-state index contributed by atoms with van der Waals surface area (Å²) < 4.78 is 17.8. The molecule has 1 aromatic rings. The van der Waals surface area contributed by atoms with Crippen molar-refractivity contribution in [1.29, 1.82) is 0 Å². The van der Waals surface area contributed by atoms with Gasteiger partial charge in [-0.15, -0.1) is 0 Å². The predicted molar refractivity (Wildman–Crippen MR) is 65.9 cm³/mol. The van der Waals surface area contributed by atoms with Gasteiger partial charge in [0.2, 0.25) is 0 Å². The van der Waals surface area contributed by atoms with E-state index in [2.05, 4.69) is 0 Å². The van der Waals surface area contributed by atoms with Crippen LogP contribution in [0.25, 0.3) is 0 Å². The Kier molecular flexibility index (Phi) is 5.25. The lowest BCUT2D eigenvalue weighted by Crippen LogP contribution is -2.43. The van der Waals surface area contributed by atoms with Crippen molar-refractivity contribution in [2.45, 2.75) is 18.3 Å². The third kappa shape index (κ3) is 3.05. The van der Waals surface area contributed by atoms with E-state index in [4.69, 9.17) is 10.5 Å². The topological polar surface area (TPSA) is 72.5 Å². The molecule has 0 saturated heterocycles. The normalized spacial score (nSPS) is 14.2. The number of halogens is 1. The Labute approximate surface area is 106 Å². The van der Waals surface area contributed by atoms with Crippen LogP contribution in [-0.4, -0.2) is 31.3 Å². The van der Waals surface area contributed by atoms with Crippen LogP contribution in [0, 0.1) is 5.82 Å². The van der Waals surface area contributed by atoms with E-state index in [0.29, 0.717) is 25.0 Å². The molecule has 1 atom stereocenters. The number of hydrogen-bond donors (Lipinski definition) is 2. The van der Waals surface area contributed by atoms with Gasteiger partial charge in [0.25, 0.3) is 0 Å². The number of carboxylic acids is 1. The van der Waals surface area contributed by atoms with Gasteiger partial charge in [0.15, 0.2) is 0 Å². The SMILES string of the molecule is COCCCC(CN)(C(=O)O)c1ccc(F)cc1. The summed E-state index contributed by atoms with van der Waals surface area (Å²) in [6.07, 6.45) is 0.940. The highest BCUT2D eigenvalue weighted by Crippen LogP contribution is 2.29. The van der Waals surface area contributed by atoms with Crippen molar-refractivity contribution in [1.82, 2.24) is 0 Å². The Morgan fingerprint density at radius 2 is 2.06 bits per heavy atom. The molecule has 0 spiro atoms. The number of aliphatic carboxylic acids is 1. The summed E-state index contributed by atoms with van der Waals surface area (Å²) in [5, 5.41) is 9.43. The lowest BCUT2D eigenvalue weighted by atomic mass is 9.76. The summed E-state index contributed by atoms with van der Waals surface area (Å²) in [7, 11) is 1.56. The first-order valence-electron chi connectivity index (χ1n) is 5.75. The van der Waals surface area contributed by atoms with E-state index in [1.54, 1.807) is 7.11 Å². The molecule has 1 unspecified atom stereocenters. The van der Waals surface area contributed by atoms with E-state index in [1.165, 1.54) is 24.3 Å². The molecule has 0 saturated carbocycles. The number of nitrogens with two attached hydrogens (primary N) is 1. The number of ether oxygens (including phenoxy) is 1. The van der Waals surface area contributed by atoms with Crippen molar-refractivity contribution >= 4 is 5.97 Å². The second-order valence-corrected chi connectivity index (χ2v) is 4.19. The molecule has 3 N–H and O–H groups in total. The lowest BCUT2D eigenvalue weighted by molar-refractivity contribution is -0.144. The Hall–Kier alpha value is -1.46. The molecule has 18 heavy (non-hydrogen) atoms. The van der Waals surface area contributed by atoms with Gasteiger partial charge in [0, 0.05) is 20.3 Å². The molecule has 1 aromatic carbocycles. The minimum absolute atomic E-state index is 0.0301. The summed E-state index contributed by atoms with van der Waals surface area (Å²) in [6.45, 7) is 0.438. The number of rotatable bonds is 7. The van der Waals surface area contributed by atoms with Crippen LogP contribution in [0.4, 0.5) is 4.39 Å². The maximum absolute atomic E-state index is 12.9. The molecule has 0 bridgehead atoms. The third-order valence-corrected chi connectivity index (χ3v) is 3.11. The third-order valence-electron chi connectivity index (χ3n) is 3.11. The zero-order valence-electron chi connectivity index (χ0n) is 10.4. The first-order chi connectivity index (χ1) is 8.56. The van der Waals surface area contributed by atoms with Crippen molar-refractivity contribution in [2.24, 2.45) is 5.73 Å². The number of carbonyl (C=O) groups is 1. The van der Waals surface area contributed by atoms with Crippen LogP contribution in [0.2, 0.25) is 0 Å². The van der Waals surface area contributed by atoms with Gasteiger partial charge in [0.1, 0.15) is 11.2 Å². The number of hydrogen-bond acceptors (Lipinski definition) is 3. The molecule has 1 rings (SSSR count). The molecule has 0 aliphatic heterocycles. The maximum Gasteiger partial charge on any atom is 0.315 e.